The van der Waals surface area contributed by atoms with Gasteiger partial charge in [-0.3, -0.25) is 0 Å². The van der Waals surface area contributed by atoms with Crippen molar-refractivity contribution in [2.24, 2.45) is 0 Å². The van der Waals surface area contributed by atoms with Gasteiger partial charge in [-0.25, -0.2) is 21.9 Å². The zero-order chi connectivity index (χ0) is 18.5. The van der Waals surface area contributed by atoms with Crippen molar-refractivity contribution in [3.8, 4) is 5.69 Å². The van der Waals surface area contributed by atoms with Crippen LogP contribution in [0.15, 0.2) is 59.5 Å². The van der Waals surface area contributed by atoms with Gasteiger partial charge in [0.05, 0.1) is 16.1 Å². The Balaban J connectivity index is 2.04. The lowest BCUT2D eigenvalue weighted by Gasteiger charge is -2.07. The molecule has 0 N–H and O–H groups in total. The molecule has 3 aromatic carbocycles. The van der Waals surface area contributed by atoms with E-state index in [1.807, 2.05) is 0 Å². The van der Waals surface area contributed by atoms with Gasteiger partial charge in [0, 0.05) is 17.0 Å². The minimum Gasteiger partial charge on any atom is -0.232 e. The van der Waals surface area contributed by atoms with Gasteiger partial charge in [-0.15, -0.1) is 0 Å². The first-order valence-electron chi connectivity index (χ1n) is 7.76. The number of sulfone groups is 1. The predicted octanol–water partition coefficient (Wildman–Crippen LogP) is 4.32. The van der Waals surface area contributed by atoms with Crippen LogP contribution in [0.3, 0.4) is 0 Å². The monoisotopic (exact) mass is 371 g/mol. The average Bonchev–Trinajstić information content (AvgIpc) is 3.01. The summed E-state index contributed by atoms with van der Waals surface area (Å²) in [6.07, 6.45) is -1.61. The van der Waals surface area contributed by atoms with Gasteiger partial charge in [0.25, 0.3) is 6.43 Å². The highest BCUT2D eigenvalue weighted by Gasteiger charge is 2.21. The fourth-order valence-corrected chi connectivity index (χ4v) is 3.65. The Morgan fingerprint density at radius 3 is 2.42 bits per heavy atom. The number of rotatable bonds is 3. The summed E-state index contributed by atoms with van der Waals surface area (Å²) in [6.45, 7) is 0. The van der Waals surface area contributed by atoms with Gasteiger partial charge >= 0.3 is 0 Å². The number of fused-ring (bicyclic) bond motifs is 3. The van der Waals surface area contributed by atoms with Gasteiger partial charge in [-0.1, -0.05) is 24.3 Å². The molecule has 1 radical (unpaired) electrons. The third kappa shape index (κ3) is 2.64. The van der Waals surface area contributed by atoms with Crippen molar-refractivity contribution in [2.75, 3.05) is 6.26 Å². The fourth-order valence-electron chi connectivity index (χ4n) is 3.02. The Morgan fingerprint density at radius 1 is 1.04 bits per heavy atom. The van der Waals surface area contributed by atoms with Crippen LogP contribution in [0.5, 0.6) is 0 Å². The topological polar surface area (TPSA) is 52.0 Å². The van der Waals surface area contributed by atoms with E-state index in [0.717, 1.165) is 17.0 Å². The van der Waals surface area contributed by atoms with Crippen LogP contribution in [0.1, 0.15) is 12.1 Å². The minimum absolute atomic E-state index is 0.159. The molecule has 0 aliphatic carbocycles. The summed E-state index contributed by atoms with van der Waals surface area (Å²) in [5.41, 5.74) is 0.760. The van der Waals surface area contributed by atoms with E-state index in [2.05, 4.69) is 11.2 Å². The molecule has 4 nitrogen and oxygen atoms in total. The highest BCUT2D eigenvalue weighted by Crippen LogP contribution is 2.33. The Hall–Kier alpha value is -2.80. The molecule has 0 unspecified atom stereocenters. The Labute approximate surface area is 148 Å². The summed E-state index contributed by atoms with van der Waals surface area (Å²) < 4.78 is 51.7. The second kappa shape index (κ2) is 5.88. The number of halogens is 2. The Bertz CT molecular complexity index is 1230. The van der Waals surface area contributed by atoms with Crippen LogP contribution in [-0.2, 0) is 9.84 Å². The molecule has 0 saturated heterocycles. The van der Waals surface area contributed by atoms with E-state index < -0.39 is 16.3 Å². The van der Waals surface area contributed by atoms with E-state index in [4.69, 9.17) is 0 Å². The van der Waals surface area contributed by atoms with E-state index in [1.54, 1.807) is 42.5 Å². The zero-order valence-corrected chi connectivity index (χ0v) is 14.5. The highest BCUT2D eigenvalue weighted by molar-refractivity contribution is 7.90. The third-order valence-corrected chi connectivity index (χ3v) is 5.38. The standard InChI is InChI=1S/C19H13F2N2O2S/c1-26(24,25)14-9-7-13(8-10-14)23-18-15-5-3-2-4-12(15)6-11-16(18)17(22-23)19(20)21/h3-11,19H,1H3. The number of nitrogens with zero attached hydrogens (tertiary/aromatic N) is 2. The van der Waals surface area contributed by atoms with Crippen molar-refractivity contribution in [3.63, 3.8) is 0 Å². The normalized spacial score (nSPS) is 12.3. The van der Waals surface area contributed by atoms with E-state index in [1.165, 1.54) is 16.8 Å². The molecule has 0 saturated carbocycles. The fraction of sp³-hybridized carbons (Fsp3) is 0.105. The van der Waals surface area contributed by atoms with Gasteiger partial charge in [0.1, 0.15) is 5.69 Å². The first-order valence-corrected chi connectivity index (χ1v) is 9.65. The second-order valence-corrected chi connectivity index (χ2v) is 7.99. The first-order chi connectivity index (χ1) is 12.4. The maximum Gasteiger partial charge on any atom is 0.282 e. The van der Waals surface area contributed by atoms with Crippen LogP contribution in [0.25, 0.3) is 27.4 Å². The number of alkyl halides is 2. The van der Waals surface area contributed by atoms with Crippen molar-refractivity contribution < 1.29 is 17.2 Å². The van der Waals surface area contributed by atoms with Gasteiger partial charge in [-0.05, 0) is 41.8 Å². The molecule has 1 heterocycles. The van der Waals surface area contributed by atoms with E-state index >= 15 is 0 Å². The molecule has 131 valence electrons. The van der Waals surface area contributed by atoms with Crippen molar-refractivity contribution >= 4 is 31.5 Å². The van der Waals surface area contributed by atoms with Crippen LogP contribution in [0, 0.1) is 6.07 Å². The molecule has 4 aromatic rings. The van der Waals surface area contributed by atoms with Gasteiger partial charge < -0.3 is 0 Å². The van der Waals surface area contributed by atoms with Gasteiger partial charge in [0.2, 0.25) is 0 Å². The summed E-state index contributed by atoms with van der Waals surface area (Å²) in [4.78, 5) is 0.159. The number of hydrogen-bond donors (Lipinski definition) is 0. The molecular formula is C19H13F2N2O2S. The summed E-state index contributed by atoms with van der Waals surface area (Å²) in [6, 6.07) is 17.7. The number of aromatic nitrogens is 2. The molecule has 0 amide bonds. The number of hydrogen-bond acceptors (Lipinski definition) is 3. The predicted molar refractivity (Wildman–Crippen MR) is 95.5 cm³/mol. The van der Waals surface area contributed by atoms with E-state index in [-0.39, 0.29) is 10.6 Å². The molecule has 4 rings (SSSR count). The lowest BCUT2D eigenvalue weighted by molar-refractivity contribution is 0.147. The quantitative estimate of drug-likeness (QED) is 0.539. The van der Waals surface area contributed by atoms with Crippen LogP contribution in [0.2, 0.25) is 0 Å². The highest BCUT2D eigenvalue weighted by atomic mass is 32.2. The van der Waals surface area contributed by atoms with E-state index in [9.17, 15) is 17.2 Å². The van der Waals surface area contributed by atoms with E-state index in [0.29, 0.717) is 16.6 Å². The average molecular weight is 371 g/mol. The molecule has 7 heteroatoms. The van der Waals surface area contributed by atoms with Gasteiger partial charge in [0.15, 0.2) is 9.84 Å². The lowest BCUT2D eigenvalue weighted by atomic mass is 10.1. The molecule has 0 aliphatic rings. The first kappa shape index (κ1) is 16.7. The summed E-state index contributed by atoms with van der Waals surface area (Å²) in [5, 5.41) is 6.10. The molecule has 0 atom stereocenters. The zero-order valence-electron chi connectivity index (χ0n) is 13.6. The molecule has 0 bridgehead atoms. The van der Waals surface area contributed by atoms with Crippen molar-refractivity contribution in [3.05, 3.63) is 66.4 Å². The maximum absolute atomic E-state index is 13.5. The largest absolute Gasteiger partial charge is 0.282 e. The second-order valence-electron chi connectivity index (χ2n) is 5.97. The Morgan fingerprint density at radius 2 is 1.77 bits per heavy atom. The SMILES string of the molecule is CS(=O)(=O)c1ccc(-n2nc(C(F)F)c3ccc4c[c]ccc4c32)cc1. The smallest absolute Gasteiger partial charge is 0.232 e. The Kier molecular flexibility index (Phi) is 3.77. The van der Waals surface area contributed by atoms with Crippen LogP contribution in [0.4, 0.5) is 8.78 Å². The summed E-state index contributed by atoms with van der Waals surface area (Å²) in [5.74, 6) is 0. The van der Waals surface area contributed by atoms with Gasteiger partial charge in [-0.2, -0.15) is 5.10 Å². The molecule has 0 aliphatic heterocycles. The van der Waals surface area contributed by atoms with Crippen LogP contribution < -0.4 is 0 Å². The minimum atomic E-state index is -3.34. The molecular weight excluding hydrogens is 358 g/mol. The molecule has 26 heavy (non-hydrogen) atoms. The van der Waals surface area contributed by atoms with Crippen molar-refractivity contribution in [1.82, 2.24) is 9.78 Å². The maximum atomic E-state index is 13.5. The van der Waals surface area contributed by atoms with Crippen LogP contribution >= 0.6 is 0 Å². The summed E-state index contributed by atoms with van der Waals surface area (Å²) in [7, 11) is -3.34. The summed E-state index contributed by atoms with van der Waals surface area (Å²) >= 11 is 0. The molecule has 1 aromatic heterocycles. The molecule has 0 fully saturated rings. The van der Waals surface area contributed by atoms with Crippen molar-refractivity contribution in [1.29, 1.82) is 0 Å². The van der Waals surface area contributed by atoms with Crippen molar-refractivity contribution in [2.45, 2.75) is 11.3 Å². The lowest BCUT2D eigenvalue weighted by Crippen LogP contribution is -2.00. The third-order valence-electron chi connectivity index (χ3n) is 4.25. The van der Waals surface area contributed by atoms with Crippen LogP contribution in [-0.4, -0.2) is 24.5 Å². The molecule has 0 spiro atoms. The number of benzene rings is 3.